The number of nitrogens with zero attached hydrogens (tertiary/aromatic N) is 2. The van der Waals surface area contributed by atoms with Crippen LogP contribution in [0, 0.1) is 12.3 Å². The average Bonchev–Trinajstić information content (AvgIpc) is 2.79. The van der Waals surface area contributed by atoms with Crippen molar-refractivity contribution >= 4 is 11.0 Å². The van der Waals surface area contributed by atoms with Gasteiger partial charge in [-0.25, -0.2) is 4.98 Å². The Kier molecular flexibility index (Phi) is 4.59. The highest BCUT2D eigenvalue weighted by Gasteiger charge is 2.10. The number of para-hydroxylation sites is 2. The van der Waals surface area contributed by atoms with Gasteiger partial charge >= 0.3 is 0 Å². The monoisotopic (exact) mass is 255 g/mol. The maximum Gasteiger partial charge on any atom is 0.123 e. The van der Waals surface area contributed by atoms with Gasteiger partial charge in [0.25, 0.3) is 0 Å². The zero-order valence-electron chi connectivity index (χ0n) is 11.7. The van der Waals surface area contributed by atoms with Crippen LogP contribution in [0.3, 0.4) is 0 Å². The number of hydrogen-bond acceptors (Lipinski definition) is 2. The Bertz CT molecular complexity index is 577. The van der Waals surface area contributed by atoms with Crippen LogP contribution in [0.15, 0.2) is 24.3 Å². The highest BCUT2D eigenvalue weighted by atomic mass is 15.1. The maximum atomic E-state index is 5.48. The van der Waals surface area contributed by atoms with Crippen molar-refractivity contribution in [1.82, 2.24) is 14.9 Å². The van der Waals surface area contributed by atoms with Crippen LogP contribution >= 0.6 is 0 Å². The molecule has 1 N–H and O–H groups in total. The van der Waals surface area contributed by atoms with Gasteiger partial charge in [0.15, 0.2) is 0 Å². The molecular formula is C16H21N3. The number of aryl methyl sites for hydroxylation is 1. The van der Waals surface area contributed by atoms with Gasteiger partial charge in [-0.1, -0.05) is 31.9 Å². The summed E-state index contributed by atoms with van der Waals surface area (Å²) in [6.45, 7) is 5.98. The van der Waals surface area contributed by atoms with Gasteiger partial charge in [-0.15, -0.1) is 6.42 Å². The zero-order chi connectivity index (χ0) is 13.7. The van der Waals surface area contributed by atoms with E-state index < -0.39 is 0 Å². The molecule has 1 heterocycles. The van der Waals surface area contributed by atoms with Gasteiger partial charge < -0.3 is 4.57 Å². The van der Waals surface area contributed by atoms with Crippen LogP contribution in [0.4, 0.5) is 0 Å². The molecule has 0 aliphatic heterocycles. The van der Waals surface area contributed by atoms with Crippen LogP contribution < -0.4 is 5.32 Å². The first kappa shape index (κ1) is 13.6. The molecule has 0 spiro atoms. The van der Waals surface area contributed by atoms with E-state index in [9.17, 15) is 0 Å². The zero-order valence-corrected chi connectivity index (χ0v) is 11.7. The molecule has 0 aliphatic carbocycles. The largest absolute Gasteiger partial charge is 0.327 e. The number of terminal acetylenes is 1. The van der Waals surface area contributed by atoms with E-state index in [0.717, 1.165) is 37.3 Å². The van der Waals surface area contributed by atoms with Crippen LogP contribution in [0.5, 0.6) is 0 Å². The van der Waals surface area contributed by atoms with Gasteiger partial charge in [-0.3, -0.25) is 5.32 Å². The average molecular weight is 255 g/mol. The van der Waals surface area contributed by atoms with Crippen molar-refractivity contribution in [3.05, 3.63) is 30.1 Å². The summed E-state index contributed by atoms with van der Waals surface area (Å²) in [4.78, 5) is 4.70. The number of benzene rings is 1. The molecule has 0 fully saturated rings. The van der Waals surface area contributed by atoms with Crippen molar-refractivity contribution < 1.29 is 0 Å². The Labute approximate surface area is 115 Å². The SMILES string of the molecule is C#CC(CC)NCc1nc2ccccc2n1CCC. The lowest BCUT2D eigenvalue weighted by Gasteiger charge is -2.12. The van der Waals surface area contributed by atoms with E-state index in [4.69, 9.17) is 11.4 Å². The van der Waals surface area contributed by atoms with Gasteiger partial charge in [0.2, 0.25) is 0 Å². The molecule has 3 nitrogen and oxygen atoms in total. The Balaban J connectivity index is 2.26. The van der Waals surface area contributed by atoms with Crippen molar-refractivity contribution in [1.29, 1.82) is 0 Å². The molecule has 0 amide bonds. The third-order valence-electron chi connectivity index (χ3n) is 3.30. The summed E-state index contributed by atoms with van der Waals surface area (Å²) in [5, 5.41) is 3.38. The lowest BCUT2D eigenvalue weighted by molar-refractivity contribution is 0.550. The minimum absolute atomic E-state index is 0.120. The second-order valence-electron chi connectivity index (χ2n) is 4.68. The van der Waals surface area contributed by atoms with Crippen LogP contribution in [0.25, 0.3) is 11.0 Å². The molecule has 0 bridgehead atoms. The van der Waals surface area contributed by atoms with Gasteiger partial charge in [-0.05, 0) is 25.0 Å². The van der Waals surface area contributed by atoms with Crippen LogP contribution in [-0.4, -0.2) is 15.6 Å². The number of fused-ring (bicyclic) bond motifs is 1. The summed E-state index contributed by atoms with van der Waals surface area (Å²) < 4.78 is 2.28. The summed E-state index contributed by atoms with van der Waals surface area (Å²) >= 11 is 0. The standard InChI is InChI=1S/C16H21N3/c1-4-11-19-15-10-8-7-9-14(15)18-16(19)12-17-13(5-2)6-3/h2,7-10,13,17H,4,6,11-12H2,1,3H3. The molecule has 0 saturated heterocycles. The number of rotatable bonds is 6. The van der Waals surface area contributed by atoms with Gasteiger partial charge in [-0.2, -0.15) is 0 Å². The summed E-state index contributed by atoms with van der Waals surface area (Å²) in [6, 6.07) is 8.39. The van der Waals surface area contributed by atoms with E-state index in [1.165, 1.54) is 5.52 Å². The maximum absolute atomic E-state index is 5.48. The molecule has 1 aromatic carbocycles. The van der Waals surface area contributed by atoms with Crippen molar-refractivity contribution in [2.75, 3.05) is 0 Å². The van der Waals surface area contributed by atoms with E-state index in [1.807, 2.05) is 6.07 Å². The van der Waals surface area contributed by atoms with E-state index in [-0.39, 0.29) is 6.04 Å². The van der Waals surface area contributed by atoms with E-state index in [2.05, 4.69) is 47.9 Å². The van der Waals surface area contributed by atoms with E-state index in [1.54, 1.807) is 0 Å². The quantitative estimate of drug-likeness (QED) is 0.804. The molecule has 2 rings (SSSR count). The van der Waals surface area contributed by atoms with Crippen molar-refractivity contribution in [2.45, 2.75) is 45.8 Å². The first-order valence-corrected chi connectivity index (χ1v) is 6.93. The Morgan fingerprint density at radius 1 is 1.37 bits per heavy atom. The second kappa shape index (κ2) is 6.40. The summed E-state index contributed by atoms with van der Waals surface area (Å²) in [7, 11) is 0. The topological polar surface area (TPSA) is 29.9 Å². The van der Waals surface area contributed by atoms with Crippen molar-refractivity contribution in [3.63, 3.8) is 0 Å². The van der Waals surface area contributed by atoms with E-state index >= 15 is 0 Å². The summed E-state index contributed by atoms with van der Waals surface area (Å²) in [5.74, 6) is 3.83. The first-order chi connectivity index (χ1) is 9.30. The molecule has 3 heteroatoms. The Hall–Kier alpha value is -1.79. The Morgan fingerprint density at radius 2 is 2.16 bits per heavy atom. The van der Waals surface area contributed by atoms with Crippen LogP contribution in [0.1, 0.15) is 32.5 Å². The predicted octanol–water partition coefficient (Wildman–Crippen LogP) is 2.95. The molecule has 0 radical (unpaired) electrons. The van der Waals surface area contributed by atoms with Gasteiger partial charge in [0.05, 0.1) is 23.6 Å². The third kappa shape index (κ3) is 2.97. The molecule has 1 aromatic heterocycles. The summed E-state index contributed by atoms with van der Waals surface area (Å²) in [5.41, 5.74) is 2.26. The van der Waals surface area contributed by atoms with Crippen LogP contribution in [-0.2, 0) is 13.1 Å². The fraction of sp³-hybridized carbons (Fsp3) is 0.438. The van der Waals surface area contributed by atoms with Gasteiger partial charge in [0, 0.05) is 6.54 Å². The predicted molar refractivity (Wildman–Crippen MR) is 79.8 cm³/mol. The molecule has 100 valence electrons. The van der Waals surface area contributed by atoms with Crippen LogP contribution in [0.2, 0.25) is 0 Å². The molecule has 1 atom stereocenters. The number of hydrogen-bond donors (Lipinski definition) is 1. The highest BCUT2D eigenvalue weighted by molar-refractivity contribution is 5.75. The lowest BCUT2D eigenvalue weighted by atomic mass is 10.2. The number of imidazole rings is 1. The smallest absolute Gasteiger partial charge is 0.123 e. The van der Waals surface area contributed by atoms with E-state index in [0.29, 0.717) is 0 Å². The molecule has 0 aliphatic rings. The Morgan fingerprint density at radius 3 is 2.84 bits per heavy atom. The first-order valence-electron chi connectivity index (χ1n) is 6.93. The number of aromatic nitrogens is 2. The number of nitrogens with one attached hydrogen (secondary N) is 1. The van der Waals surface area contributed by atoms with Crippen molar-refractivity contribution in [2.24, 2.45) is 0 Å². The molecule has 2 aromatic rings. The minimum Gasteiger partial charge on any atom is -0.327 e. The fourth-order valence-electron chi connectivity index (χ4n) is 2.27. The normalized spacial score (nSPS) is 12.5. The highest BCUT2D eigenvalue weighted by Crippen LogP contribution is 2.16. The molecular weight excluding hydrogens is 234 g/mol. The summed E-state index contributed by atoms with van der Waals surface area (Å²) in [6.07, 6.45) is 7.51. The van der Waals surface area contributed by atoms with Gasteiger partial charge in [0.1, 0.15) is 5.82 Å². The third-order valence-corrected chi connectivity index (χ3v) is 3.30. The molecule has 0 saturated carbocycles. The second-order valence-corrected chi connectivity index (χ2v) is 4.68. The molecule has 19 heavy (non-hydrogen) atoms. The van der Waals surface area contributed by atoms with Crippen molar-refractivity contribution in [3.8, 4) is 12.3 Å². The molecule has 1 unspecified atom stereocenters. The fourth-order valence-corrected chi connectivity index (χ4v) is 2.27. The lowest BCUT2D eigenvalue weighted by Crippen LogP contribution is -2.27. The minimum atomic E-state index is 0.120.